The fourth-order valence-corrected chi connectivity index (χ4v) is 10.7. The van der Waals surface area contributed by atoms with Crippen LogP contribution in [-0.2, 0) is 5.41 Å². The molecule has 1 aromatic heterocycles. The molecule has 0 bridgehead atoms. The summed E-state index contributed by atoms with van der Waals surface area (Å²) in [4.78, 5) is 2.44. The van der Waals surface area contributed by atoms with E-state index in [9.17, 15) is 0 Å². The number of furan rings is 1. The molecular formula is C62H45NO. The van der Waals surface area contributed by atoms with E-state index in [1.807, 2.05) is 6.07 Å². The van der Waals surface area contributed by atoms with E-state index in [0.717, 1.165) is 44.6 Å². The summed E-state index contributed by atoms with van der Waals surface area (Å²) in [7, 11) is 0. The average molecular weight is 820 g/mol. The smallest absolute Gasteiger partial charge is 0.137 e. The van der Waals surface area contributed by atoms with Gasteiger partial charge in [-0.2, -0.15) is 0 Å². The van der Waals surface area contributed by atoms with Crippen LogP contribution in [0.25, 0.3) is 66.1 Å². The minimum atomic E-state index is -0.554. The molecule has 1 aliphatic rings. The molecule has 0 N–H and O–H groups in total. The molecule has 0 amide bonds. The molecule has 0 spiro atoms. The zero-order valence-electron chi connectivity index (χ0n) is 35.9. The largest absolute Gasteiger partial charge is 0.456 e. The van der Waals surface area contributed by atoms with Crippen molar-refractivity contribution < 1.29 is 4.42 Å². The Morgan fingerprint density at radius 3 is 1.66 bits per heavy atom. The lowest BCUT2D eigenvalue weighted by Crippen LogP contribution is -2.28. The van der Waals surface area contributed by atoms with E-state index in [0.29, 0.717) is 5.92 Å². The van der Waals surface area contributed by atoms with Gasteiger partial charge in [0, 0.05) is 16.8 Å². The van der Waals surface area contributed by atoms with Crippen LogP contribution in [0.5, 0.6) is 0 Å². The molecule has 0 fully saturated rings. The molecule has 0 atom stereocenters. The van der Waals surface area contributed by atoms with Crippen LogP contribution in [0.3, 0.4) is 0 Å². The molecular weight excluding hydrogens is 775 g/mol. The van der Waals surface area contributed by atoms with Crippen molar-refractivity contribution in [3.63, 3.8) is 0 Å². The number of hydrogen-bond acceptors (Lipinski definition) is 2. The molecule has 0 unspecified atom stereocenters. The monoisotopic (exact) mass is 819 g/mol. The summed E-state index contributed by atoms with van der Waals surface area (Å²) in [5.74, 6) is 0.344. The Bertz CT molecular complexity index is 3470. The lowest BCUT2D eigenvalue weighted by molar-refractivity contribution is 0.669. The fraction of sp³-hybridized carbons (Fsp3) is 0.0645. The SMILES string of the molecule is CC(C)c1cccc2c1-c1ccc(N(c3ccc(-c4cc5ccccc5cc4-c4ccccc4)cc3)c3cccc4oc5ccccc5c34)cc1C2(c1ccccc1)c1ccccc1. The van der Waals surface area contributed by atoms with Gasteiger partial charge in [-0.1, -0.05) is 190 Å². The molecule has 64 heavy (non-hydrogen) atoms. The zero-order chi connectivity index (χ0) is 42.8. The molecule has 1 aliphatic carbocycles. The van der Waals surface area contributed by atoms with Crippen molar-refractivity contribution in [3.05, 3.63) is 258 Å². The number of anilines is 3. The van der Waals surface area contributed by atoms with E-state index in [1.165, 1.54) is 66.4 Å². The Morgan fingerprint density at radius 1 is 0.422 bits per heavy atom. The second-order valence-corrected chi connectivity index (χ2v) is 17.4. The number of rotatable bonds is 8. The van der Waals surface area contributed by atoms with Crippen LogP contribution < -0.4 is 4.90 Å². The third-order valence-electron chi connectivity index (χ3n) is 13.5. The Morgan fingerprint density at radius 2 is 0.984 bits per heavy atom. The van der Waals surface area contributed by atoms with Gasteiger partial charge in [0.25, 0.3) is 0 Å². The van der Waals surface area contributed by atoms with Crippen LogP contribution in [0.2, 0.25) is 0 Å². The number of hydrogen-bond donors (Lipinski definition) is 0. The highest BCUT2D eigenvalue weighted by molar-refractivity contribution is 6.13. The summed E-state index contributed by atoms with van der Waals surface area (Å²) in [6.07, 6.45) is 0. The molecule has 0 aliphatic heterocycles. The molecule has 0 saturated carbocycles. The van der Waals surface area contributed by atoms with E-state index in [1.54, 1.807) is 0 Å². The Labute approximate surface area is 374 Å². The standard InChI is InChI=1S/C62H45NO/c1-41(2)50-27-16-28-55-60(50)51-37-36-49(40-56(51)62(55,46-22-8-4-9-23-46)47-24-10-5-11-25-47)63(57-29-17-31-59-61(57)52-26-14-15-30-58(52)64-59)48-34-32-43(33-35-48)54-39-45-21-13-12-20-44(45)38-53(54)42-18-6-3-7-19-42/h3-41H,1-2H3. The fourth-order valence-electron chi connectivity index (χ4n) is 10.7. The van der Waals surface area contributed by atoms with Gasteiger partial charge in [-0.25, -0.2) is 0 Å². The maximum absolute atomic E-state index is 6.56. The highest BCUT2D eigenvalue weighted by atomic mass is 16.3. The van der Waals surface area contributed by atoms with Crippen LogP contribution in [-0.4, -0.2) is 0 Å². The summed E-state index contributed by atoms with van der Waals surface area (Å²) >= 11 is 0. The van der Waals surface area contributed by atoms with Gasteiger partial charge in [0.2, 0.25) is 0 Å². The molecule has 304 valence electrons. The van der Waals surface area contributed by atoms with Crippen LogP contribution in [0.15, 0.2) is 235 Å². The minimum Gasteiger partial charge on any atom is -0.456 e. The summed E-state index contributed by atoms with van der Waals surface area (Å²) < 4.78 is 6.56. The van der Waals surface area contributed by atoms with Gasteiger partial charge in [0.05, 0.1) is 16.5 Å². The average Bonchev–Trinajstić information content (AvgIpc) is 3.89. The molecule has 10 aromatic carbocycles. The van der Waals surface area contributed by atoms with Crippen LogP contribution in [0, 0.1) is 0 Å². The molecule has 2 heteroatoms. The minimum absolute atomic E-state index is 0.344. The molecule has 0 radical (unpaired) electrons. The van der Waals surface area contributed by atoms with Crippen molar-refractivity contribution >= 4 is 49.8 Å². The number of fused-ring (bicyclic) bond motifs is 7. The second kappa shape index (κ2) is 15.1. The van der Waals surface area contributed by atoms with Gasteiger partial charge in [0.1, 0.15) is 11.2 Å². The summed E-state index contributed by atoms with van der Waals surface area (Å²) in [5, 5.41) is 4.64. The van der Waals surface area contributed by atoms with Crippen LogP contribution in [0.1, 0.15) is 47.6 Å². The number of para-hydroxylation sites is 1. The molecule has 12 rings (SSSR count). The zero-order valence-corrected chi connectivity index (χ0v) is 35.9. The summed E-state index contributed by atoms with van der Waals surface area (Å²) in [6, 6.07) is 84.5. The quantitative estimate of drug-likeness (QED) is 0.152. The first-order valence-corrected chi connectivity index (χ1v) is 22.4. The van der Waals surface area contributed by atoms with Gasteiger partial charge >= 0.3 is 0 Å². The third-order valence-corrected chi connectivity index (χ3v) is 13.5. The highest BCUT2D eigenvalue weighted by Crippen LogP contribution is 2.59. The van der Waals surface area contributed by atoms with Crippen molar-refractivity contribution in [2.24, 2.45) is 0 Å². The van der Waals surface area contributed by atoms with Gasteiger partial charge in [-0.3, -0.25) is 0 Å². The van der Waals surface area contributed by atoms with E-state index in [-0.39, 0.29) is 0 Å². The molecule has 11 aromatic rings. The first kappa shape index (κ1) is 37.8. The Kier molecular flexibility index (Phi) is 8.95. The maximum Gasteiger partial charge on any atom is 0.137 e. The first-order valence-electron chi connectivity index (χ1n) is 22.4. The van der Waals surface area contributed by atoms with Crippen molar-refractivity contribution in [2.75, 3.05) is 4.90 Å². The van der Waals surface area contributed by atoms with Gasteiger partial charge in [0.15, 0.2) is 0 Å². The molecule has 1 heterocycles. The van der Waals surface area contributed by atoms with E-state index in [4.69, 9.17) is 4.42 Å². The van der Waals surface area contributed by atoms with Crippen molar-refractivity contribution in [1.29, 1.82) is 0 Å². The molecule has 2 nitrogen and oxygen atoms in total. The van der Waals surface area contributed by atoms with Crippen molar-refractivity contribution in [2.45, 2.75) is 25.2 Å². The van der Waals surface area contributed by atoms with E-state index >= 15 is 0 Å². The van der Waals surface area contributed by atoms with Gasteiger partial charge in [-0.05, 0) is 132 Å². The predicted octanol–water partition coefficient (Wildman–Crippen LogP) is 17.0. The third kappa shape index (κ3) is 5.87. The van der Waals surface area contributed by atoms with E-state index in [2.05, 4.69) is 243 Å². The van der Waals surface area contributed by atoms with Crippen molar-refractivity contribution in [3.8, 4) is 33.4 Å². The first-order chi connectivity index (χ1) is 31.6. The van der Waals surface area contributed by atoms with Crippen LogP contribution >= 0.6 is 0 Å². The van der Waals surface area contributed by atoms with Gasteiger partial charge in [-0.15, -0.1) is 0 Å². The Balaban J connectivity index is 1.12. The second-order valence-electron chi connectivity index (χ2n) is 17.4. The normalized spacial score (nSPS) is 12.8. The number of nitrogens with zero attached hydrogens (tertiary/aromatic N) is 1. The maximum atomic E-state index is 6.56. The lowest BCUT2D eigenvalue weighted by atomic mass is 9.67. The summed E-state index contributed by atoms with van der Waals surface area (Å²) in [5.41, 5.74) is 18.3. The number of benzene rings is 10. The van der Waals surface area contributed by atoms with Gasteiger partial charge < -0.3 is 9.32 Å². The predicted molar refractivity (Wildman–Crippen MR) is 268 cm³/mol. The lowest BCUT2D eigenvalue weighted by Gasteiger charge is -2.35. The topological polar surface area (TPSA) is 16.4 Å². The Hall–Kier alpha value is -7.94. The highest BCUT2D eigenvalue weighted by Gasteiger charge is 2.47. The van der Waals surface area contributed by atoms with Crippen molar-refractivity contribution in [1.82, 2.24) is 0 Å². The van der Waals surface area contributed by atoms with Crippen LogP contribution in [0.4, 0.5) is 17.1 Å². The van der Waals surface area contributed by atoms with E-state index < -0.39 is 5.41 Å². The molecule has 0 saturated heterocycles. The summed E-state index contributed by atoms with van der Waals surface area (Å²) in [6.45, 7) is 4.63.